The first-order chi connectivity index (χ1) is 19.9. The third kappa shape index (κ3) is 7.22. The molecule has 5 atom stereocenters. The van der Waals surface area contributed by atoms with Crippen LogP contribution >= 0.6 is 0 Å². The topological polar surface area (TPSA) is 111 Å². The number of hydrogen-bond donors (Lipinski definition) is 3. The number of benzene rings is 1. The molecular formula is C33H49N5O4. The zero-order valence-corrected chi connectivity index (χ0v) is 26.1. The maximum atomic E-state index is 13.6. The standard InChI is InChI=1S/C33H49N5O4/c1-21(2)29-32(42)37(6)20-28(39)35-27(17-23-11-8-7-9-12-23)31(41)34-15-10-16-38(22(3)30(40)36-29)19-24-13-14-25-18-26(24)33(25,4)5/h7-9,11-13,21-22,25-27,29H,10,14-20H2,1-6H3,(H,34,41)(H,35,39)(H,36,40)/t22-,25+,26+,27+,29+/m1/s1. The van der Waals surface area contributed by atoms with Crippen molar-refractivity contribution in [3.63, 3.8) is 0 Å². The summed E-state index contributed by atoms with van der Waals surface area (Å²) in [5, 5.41) is 8.84. The molecule has 230 valence electrons. The van der Waals surface area contributed by atoms with Crippen LogP contribution in [0.25, 0.3) is 0 Å². The Hall–Kier alpha value is -3.20. The van der Waals surface area contributed by atoms with Crippen LogP contribution < -0.4 is 16.0 Å². The molecule has 1 aromatic carbocycles. The van der Waals surface area contributed by atoms with Crippen LogP contribution in [0, 0.1) is 23.2 Å². The maximum absolute atomic E-state index is 13.6. The lowest BCUT2D eigenvalue weighted by Crippen LogP contribution is -2.57. The Morgan fingerprint density at radius 2 is 1.74 bits per heavy atom. The van der Waals surface area contributed by atoms with Crippen molar-refractivity contribution < 1.29 is 19.2 Å². The predicted molar refractivity (Wildman–Crippen MR) is 163 cm³/mol. The van der Waals surface area contributed by atoms with E-state index in [1.54, 1.807) is 7.05 Å². The number of amides is 4. The van der Waals surface area contributed by atoms with Crippen molar-refractivity contribution in [1.82, 2.24) is 25.8 Å². The van der Waals surface area contributed by atoms with Crippen LogP contribution in [0.15, 0.2) is 42.0 Å². The molecule has 9 nitrogen and oxygen atoms in total. The van der Waals surface area contributed by atoms with E-state index in [0.29, 0.717) is 38.4 Å². The molecule has 4 aliphatic rings. The van der Waals surface area contributed by atoms with Crippen LogP contribution in [0.1, 0.15) is 59.4 Å². The van der Waals surface area contributed by atoms with Crippen molar-refractivity contribution in [2.45, 2.75) is 78.4 Å². The van der Waals surface area contributed by atoms with E-state index in [0.717, 1.165) is 17.9 Å². The molecule has 2 fully saturated rings. The average Bonchev–Trinajstić information content (AvgIpc) is 2.95. The average molecular weight is 580 g/mol. The van der Waals surface area contributed by atoms with E-state index in [4.69, 9.17) is 0 Å². The second-order valence-electron chi connectivity index (χ2n) is 13.3. The van der Waals surface area contributed by atoms with E-state index in [2.05, 4.69) is 40.8 Å². The molecule has 1 aromatic rings. The number of likely N-dealkylation sites (N-methyl/N-ethyl adjacent to an activating group) is 1. The number of nitrogens with one attached hydrogen (secondary N) is 3. The van der Waals surface area contributed by atoms with Crippen LogP contribution in [0.5, 0.6) is 0 Å². The third-order valence-electron chi connectivity index (χ3n) is 9.74. The summed E-state index contributed by atoms with van der Waals surface area (Å²) in [5.41, 5.74) is 2.60. The minimum atomic E-state index is -0.770. The van der Waals surface area contributed by atoms with Gasteiger partial charge >= 0.3 is 0 Å². The molecule has 3 N–H and O–H groups in total. The number of nitrogens with zero attached hydrogens (tertiary/aromatic N) is 2. The van der Waals surface area contributed by atoms with E-state index in [1.807, 2.05) is 51.1 Å². The Bertz CT molecular complexity index is 1180. The molecule has 1 heterocycles. The van der Waals surface area contributed by atoms with Crippen LogP contribution in [0.2, 0.25) is 0 Å². The predicted octanol–water partition coefficient (Wildman–Crippen LogP) is 2.52. The van der Waals surface area contributed by atoms with E-state index >= 15 is 0 Å². The van der Waals surface area contributed by atoms with Crippen molar-refractivity contribution in [1.29, 1.82) is 0 Å². The fourth-order valence-electron chi connectivity index (χ4n) is 6.70. The van der Waals surface area contributed by atoms with Gasteiger partial charge in [0.05, 0.1) is 12.6 Å². The normalized spacial score (nSPS) is 29.7. The highest BCUT2D eigenvalue weighted by Crippen LogP contribution is 2.59. The van der Waals surface area contributed by atoms with E-state index in [9.17, 15) is 19.2 Å². The molecule has 1 saturated carbocycles. The molecule has 2 bridgehead atoms. The minimum Gasteiger partial charge on any atom is -0.354 e. The van der Waals surface area contributed by atoms with Gasteiger partial charge in [0.2, 0.25) is 23.6 Å². The van der Waals surface area contributed by atoms with Crippen LogP contribution in [0.3, 0.4) is 0 Å². The van der Waals surface area contributed by atoms with Gasteiger partial charge in [-0.15, -0.1) is 0 Å². The van der Waals surface area contributed by atoms with Gasteiger partial charge < -0.3 is 20.9 Å². The molecule has 5 rings (SSSR count). The molecule has 0 unspecified atom stereocenters. The molecule has 3 aliphatic carbocycles. The molecule has 9 heteroatoms. The summed E-state index contributed by atoms with van der Waals surface area (Å²) >= 11 is 0. The number of carbonyl (C=O) groups excluding carboxylic acids is 4. The van der Waals surface area contributed by atoms with Gasteiger partial charge in [-0.3, -0.25) is 24.1 Å². The summed E-state index contributed by atoms with van der Waals surface area (Å²) in [6.07, 6.45) is 5.63. The SMILES string of the molecule is CC(C)[C@@H]1NC(=O)[C@@H](C)N(CC2=CC[C@H]3C[C@@H]2C3(C)C)CCCNC(=O)[C@H](Cc2ccccc2)NC(=O)CN(C)C1=O. The first-order valence-corrected chi connectivity index (χ1v) is 15.5. The monoisotopic (exact) mass is 579 g/mol. The number of allylic oxidation sites excluding steroid dienone is 1. The zero-order valence-electron chi connectivity index (χ0n) is 26.1. The molecule has 0 aromatic heterocycles. The molecule has 1 aliphatic heterocycles. The van der Waals surface area contributed by atoms with E-state index < -0.39 is 24.0 Å². The highest BCUT2D eigenvalue weighted by atomic mass is 16.2. The van der Waals surface area contributed by atoms with Crippen molar-refractivity contribution in [3.8, 4) is 0 Å². The highest BCUT2D eigenvalue weighted by molar-refractivity contribution is 5.93. The second-order valence-corrected chi connectivity index (χ2v) is 13.3. The Kier molecular flexibility index (Phi) is 10.1. The number of fused-ring (bicyclic) bond motifs is 1. The fourth-order valence-corrected chi connectivity index (χ4v) is 6.70. The second kappa shape index (κ2) is 13.4. The smallest absolute Gasteiger partial charge is 0.245 e. The third-order valence-corrected chi connectivity index (χ3v) is 9.74. The number of rotatable bonds is 5. The van der Waals surface area contributed by atoms with Gasteiger partial charge in [-0.25, -0.2) is 0 Å². The van der Waals surface area contributed by atoms with Crippen LogP contribution in [0.4, 0.5) is 0 Å². The largest absolute Gasteiger partial charge is 0.354 e. The van der Waals surface area contributed by atoms with Gasteiger partial charge in [0.25, 0.3) is 0 Å². The summed E-state index contributed by atoms with van der Waals surface area (Å²) < 4.78 is 0. The van der Waals surface area contributed by atoms with E-state index in [1.165, 1.54) is 16.9 Å². The first kappa shape index (κ1) is 31.7. The summed E-state index contributed by atoms with van der Waals surface area (Å²) in [5.74, 6) is -0.147. The molecule has 0 radical (unpaired) electrons. The number of carbonyl (C=O) groups is 4. The molecule has 0 spiro atoms. The molecular weight excluding hydrogens is 530 g/mol. The first-order valence-electron chi connectivity index (χ1n) is 15.5. The number of hydrogen-bond acceptors (Lipinski definition) is 5. The quantitative estimate of drug-likeness (QED) is 0.465. The lowest BCUT2D eigenvalue weighted by atomic mass is 9.49. The van der Waals surface area contributed by atoms with Gasteiger partial charge in [-0.2, -0.15) is 0 Å². The molecule has 42 heavy (non-hydrogen) atoms. The van der Waals surface area contributed by atoms with Gasteiger partial charge in [-0.1, -0.05) is 69.7 Å². The fraction of sp³-hybridized carbons (Fsp3) is 0.636. The Morgan fingerprint density at radius 1 is 1.02 bits per heavy atom. The van der Waals surface area contributed by atoms with Gasteiger partial charge in [0, 0.05) is 33.1 Å². The van der Waals surface area contributed by atoms with Gasteiger partial charge in [-0.05, 0) is 54.9 Å². The van der Waals surface area contributed by atoms with Crippen molar-refractivity contribution in [2.24, 2.45) is 23.2 Å². The summed E-state index contributed by atoms with van der Waals surface area (Å²) in [4.78, 5) is 56.8. The lowest BCUT2D eigenvalue weighted by Gasteiger charge is -2.57. The van der Waals surface area contributed by atoms with E-state index in [-0.39, 0.29) is 35.6 Å². The summed E-state index contributed by atoms with van der Waals surface area (Å²) in [7, 11) is 1.55. The van der Waals surface area contributed by atoms with Crippen molar-refractivity contribution in [3.05, 3.63) is 47.5 Å². The van der Waals surface area contributed by atoms with Crippen molar-refractivity contribution >= 4 is 23.6 Å². The highest BCUT2D eigenvalue weighted by Gasteiger charge is 2.51. The minimum absolute atomic E-state index is 0.170. The Morgan fingerprint density at radius 3 is 2.38 bits per heavy atom. The zero-order chi connectivity index (χ0) is 30.6. The molecule has 4 amide bonds. The van der Waals surface area contributed by atoms with Crippen molar-refractivity contribution in [2.75, 3.05) is 33.2 Å². The van der Waals surface area contributed by atoms with Gasteiger partial charge in [0.15, 0.2) is 0 Å². The summed E-state index contributed by atoms with van der Waals surface area (Å²) in [6, 6.07) is 7.56. The Balaban J connectivity index is 1.56. The maximum Gasteiger partial charge on any atom is 0.245 e. The van der Waals surface area contributed by atoms with Crippen LogP contribution in [-0.2, 0) is 25.6 Å². The molecule has 1 saturated heterocycles. The Labute approximate surface area is 250 Å². The van der Waals surface area contributed by atoms with Crippen LogP contribution in [-0.4, -0.2) is 84.8 Å². The summed E-state index contributed by atoms with van der Waals surface area (Å²) in [6.45, 7) is 11.9. The van der Waals surface area contributed by atoms with Gasteiger partial charge in [0.1, 0.15) is 12.1 Å². The lowest BCUT2D eigenvalue weighted by molar-refractivity contribution is -0.140.